The number of rotatable bonds is 3. The first-order chi connectivity index (χ1) is 13.0. The molecule has 0 aromatic heterocycles. The number of halogens is 2. The van der Waals surface area contributed by atoms with E-state index in [9.17, 15) is 18.4 Å². The zero-order valence-electron chi connectivity index (χ0n) is 14.3. The number of hydrogen-bond acceptors (Lipinski definition) is 2. The normalized spacial score (nSPS) is 16.7. The number of amides is 2. The Kier molecular flexibility index (Phi) is 4.32. The van der Waals surface area contributed by atoms with Crippen molar-refractivity contribution in [3.63, 3.8) is 0 Å². The lowest BCUT2D eigenvalue weighted by molar-refractivity contribution is -0.122. The lowest BCUT2D eigenvalue weighted by atomic mass is 10.1. The molecular formula is C21H16F2N2O2. The maximum absolute atomic E-state index is 13.8. The van der Waals surface area contributed by atoms with E-state index in [0.717, 1.165) is 34.7 Å². The van der Waals surface area contributed by atoms with Gasteiger partial charge in [-0.3, -0.25) is 9.59 Å². The van der Waals surface area contributed by atoms with Crippen LogP contribution in [0.25, 0.3) is 10.8 Å². The maximum atomic E-state index is 13.8. The number of fused-ring (bicyclic) bond motifs is 1. The minimum absolute atomic E-state index is 0.0198. The molecule has 1 heterocycles. The molecule has 1 fully saturated rings. The molecule has 1 aliphatic heterocycles. The highest BCUT2D eigenvalue weighted by atomic mass is 19.1. The monoisotopic (exact) mass is 366 g/mol. The molecule has 4 nitrogen and oxygen atoms in total. The summed E-state index contributed by atoms with van der Waals surface area (Å²) in [7, 11) is 0. The highest BCUT2D eigenvalue weighted by Crippen LogP contribution is 2.32. The van der Waals surface area contributed by atoms with Gasteiger partial charge in [-0.2, -0.15) is 0 Å². The Morgan fingerprint density at radius 3 is 2.67 bits per heavy atom. The topological polar surface area (TPSA) is 49.4 Å². The third-order valence-corrected chi connectivity index (χ3v) is 4.74. The fraction of sp³-hybridized carbons (Fsp3) is 0.143. The van der Waals surface area contributed by atoms with E-state index >= 15 is 0 Å². The van der Waals surface area contributed by atoms with Crippen LogP contribution in [0.3, 0.4) is 0 Å². The van der Waals surface area contributed by atoms with E-state index in [4.69, 9.17) is 0 Å². The Bertz CT molecular complexity index is 1050. The van der Waals surface area contributed by atoms with E-state index in [1.165, 1.54) is 0 Å². The lowest BCUT2D eigenvalue weighted by Gasteiger charge is -2.19. The fourth-order valence-corrected chi connectivity index (χ4v) is 3.39. The average molecular weight is 366 g/mol. The summed E-state index contributed by atoms with van der Waals surface area (Å²) in [6, 6.07) is 16.2. The van der Waals surface area contributed by atoms with Gasteiger partial charge in [-0.15, -0.1) is 0 Å². The first-order valence-corrected chi connectivity index (χ1v) is 8.57. The number of anilines is 2. The molecule has 0 bridgehead atoms. The Labute approximate surface area is 154 Å². The molecule has 3 aromatic rings. The number of hydrogen-bond donors (Lipinski definition) is 1. The van der Waals surface area contributed by atoms with Gasteiger partial charge in [-0.25, -0.2) is 8.78 Å². The van der Waals surface area contributed by atoms with Crippen LogP contribution >= 0.6 is 0 Å². The van der Waals surface area contributed by atoms with Crippen LogP contribution in [0.5, 0.6) is 0 Å². The number of carbonyl (C=O) groups excluding carboxylic acids is 2. The maximum Gasteiger partial charge on any atom is 0.229 e. The van der Waals surface area contributed by atoms with Gasteiger partial charge < -0.3 is 10.2 Å². The first-order valence-electron chi connectivity index (χ1n) is 8.57. The van der Waals surface area contributed by atoms with Gasteiger partial charge in [0.25, 0.3) is 0 Å². The molecule has 0 spiro atoms. The summed E-state index contributed by atoms with van der Waals surface area (Å²) in [6.07, 6.45) is 0.0198. The van der Waals surface area contributed by atoms with E-state index < -0.39 is 23.5 Å². The summed E-state index contributed by atoms with van der Waals surface area (Å²) in [5, 5.41) is 4.31. The van der Waals surface area contributed by atoms with Crippen LogP contribution in [0.1, 0.15) is 6.42 Å². The van der Waals surface area contributed by atoms with Crippen LogP contribution in [-0.2, 0) is 9.59 Å². The first kappa shape index (κ1) is 17.1. The minimum Gasteiger partial charge on any atom is -0.323 e. The second kappa shape index (κ2) is 6.79. The number of benzene rings is 3. The van der Waals surface area contributed by atoms with Crippen LogP contribution in [0.2, 0.25) is 0 Å². The van der Waals surface area contributed by atoms with E-state index in [2.05, 4.69) is 5.32 Å². The molecule has 0 saturated carbocycles. The Hall–Kier alpha value is -3.28. The van der Waals surface area contributed by atoms with Gasteiger partial charge in [0.15, 0.2) is 0 Å². The van der Waals surface area contributed by atoms with Crippen LogP contribution in [0.4, 0.5) is 20.2 Å². The van der Waals surface area contributed by atoms with Crippen LogP contribution in [-0.4, -0.2) is 18.4 Å². The zero-order valence-corrected chi connectivity index (χ0v) is 14.3. The van der Waals surface area contributed by atoms with Gasteiger partial charge >= 0.3 is 0 Å². The molecule has 2 amide bonds. The Morgan fingerprint density at radius 2 is 1.81 bits per heavy atom. The predicted octanol–water partition coefficient (Wildman–Crippen LogP) is 4.11. The molecule has 1 saturated heterocycles. The van der Waals surface area contributed by atoms with Crippen molar-refractivity contribution in [1.82, 2.24) is 0 Å². The molecule has 4 rings (SSSR count). The molecule has 1 aliphatic rings. The van der Waals surface area contributed by atoms with Crippen LogP contribution < -0.4 is 10.2 Å². The summed E-state index contributed by atoms with van der Waals surface area (Å²) in [5.41, 5.74) is 0.515. The fourth-order valence-electron chi connectivity index (χ4n) is 3.39. The molecule has 1 unspecified atom stereocenters. The van der Waals surface area contributed by atoms with E-state index in [-0.39, 0.29) is 24.6 Å². The van der Waals surface area contributed by atoms with Gasteiger partial charge in [0.2, 0.25) is 11.8 Å². The standard InChI is InChI=1S/C21H16F2N2O2/c22-15-8-9-17(23)18(11-15)24-21(27)14-10-20(26)25(12-14)19-7-3-5-13-4-1-2-6-16(13)19/h1-9,11,14H,10,12H2,(H,24,27). The van der Waals surface area contributed by atoms with Crippen molar-refractivity contribution in [3.8, 4) is 0 Å². The van der Waals surface area contributed by atoms with Gasteiger partial charge in [-0.05, 0) is 23.6 Å². The van der Waals surface area contributed by atoms with Crippen molar-refractivity contribution in [2.75, 3.05) is 16.8 Å². The summed E-state index contributed by atoms with van der Waals surface area (Å²) < 4.78 is 27.0. The van der Waals surface area contributed by atoms with Crippen molar-refractivity contribution >= 4 is 34.0 Å². The third-order valence-electron chi connectivity index (χ3n) is 4.74. The summed E-state index contributed by atoms with van der Waals surface area (Å²) >= 11 is 0. The Balaban J connectivity index is 1.57. The molecule has 0 aliphatic carbocycles. The van der Waals surface area contributed by atoms with Crippen molar-refractivity contribution in [2.24, 2.45) is 5.92 Å². The van der Waals surface area contributed by atoms with E-state index in [1.54, 1.807) is 4.90 Å². The second-order valence-electron chi connectivity index (χ2n) is 6.52. The minimum atomic E-state index is -0.722. The molecule has 1 N–H and O–H groups in total. The molecule has 6 heteroatoms. The van der Waals surface area contributed by atoms with Crippen LogP contribution in [0.15, 0.2) is 60.7 Å². The zero-order chi connectivity index (χ0) is 19.0. The third kappa shape index (κ3) is 3.26. The van der Waals surface area contributed by atoms with Gasteiger partial charge in [0, 0.05) is 24.4 Å². The Morgan fingerprint density at radius 1 is 1.04 bits per heavy atom. The van der Waals surface area contributed by atoms with Crippen molar-refractivity contribution in [2.45, 2.75) is 6.42 Å². The van der Waals surface area contributed by atoms with E-state index in [1.807, 2.05) is 42.5 Å². The van der Waals surface area contributed by atoms with Crippen molar-refractivity contribution in [3.05, 3.63) is 72.3 Å². The van der Waals surface area contributed by atoms with Crippen LogP contribution in [0, 0.1) is 17.6 Å². The molecule has 136 valence electrons. The van der Waals surface area contributed by atoms with Gasteiger partial charge in [0.05, 0.1) is 17.3 Å². The number of nitrogens with one attached hydrogen (secondary N) is 1. The summed E-state index contributed by atoms with van der Waals surface area (Å²) in [4.78, 5) is 26.6. The van der Waals surface area contributed by atoms with E-state index in [0.29, 0.717) is 0 Å². The number of carbonyl (C=O) groups is 2. The van der Waals surface area contributed by atoms with Gasteiger partial charge in [0.1, 0.15) is 11.6 Å². The molecular weight excluding hydrogens is 350 g/mol. The lowest BCUT2D eigenvalue weighted by Crippen LogP contribution is -2.28. The largest absolute Gasteiger partial charge is 0.323 e. The smallest absolute Gasteiger partial charge is 0.229 e. The van der Waals surface area contributed by atoms with Crippen molar-refractivity contribution in [1.29, 1.82) is 0 Å². The highest BCUT2D eigenvalue weighted by Gasteiger charge is 2.36. The van der Waals surface area contributed by atoms with Crippen molar-refractivity contribution < 1.29 is 18.4 Å². The summed E-state index contributed by atoms with van der Waals surface area (Å²) in [6.45, 7) is 0.190. The molecule has 3 aromatic carbocycles. The highest BCUT2D eigenvalue weighted by molar-refractivity contribution is 6.08. The molecule has 1 atom stereocenters. The average Bonchev–Trinajstić information content (AvgIpc) is 3.06. The summed E-state index contributed by atoms with van der Waals surface area (Å²) in [5.74, 6) is -2.69. The quantitative estimate of drug-likeness (QED) is 0.758. The van der Waals surface area contributed by atoms with Gasteiger partial charge in [-0.1, -0.05) is 36.4 Å². The predicted molar refractivity (Wildman–Crippen MR) is 99.4 cm³/mol. The number of nitrogens with zero attached hydrogens (tertiary/aromatic N) is 1. The molecule has 27 heavy (non-hydrogen) atoms. The SMILES string of the molecule is O=C(Nc1cc(F)ccc1F)C1CC(=O)N(c2cccc3ccccc23)C1. The molecule has 0 radical (unpaired) electrons. The second-order valence-corrected chi connectivity index (χ2v) is 6.52.